The number of carbonyl (C=O) groups excluding carboxylic acids is 1. The molecule has 0 fully saturated rings. The fraction of sp³-hybridized carbons (Fsp3) is 0.261. The minimum absolute atomic E-state index is 0.135. The quantitative estimate of drug-likeness (QED) is 0.652. The molecule has 2 N–H and O–H groups in total. The lowest BCUT2D eigenvalue weighted by Crippen LogP contribution is -2.34. The number of hydrogen-bond donors (Lipinski definition) is 1. The number of carbonyl (C=O) groups is 1. The Balaban J connectivity index is 1.63. The summed E-state index contributed by atoms with van der Waals surface area (Å²) in [5, 5.41) is 10.2. The molecule has 1 unspecified atom stereocenters. The van der Waals surface area contributed by atoms with Gasteiger partial charge in [-0.1, -0.05) is 5.16 Å². The Morgan fingerprint density at radius 2 is 1.81 bits per heavy atom. The normalized spacial score (nSPS) is 19.2. The van der Waals surface area contributed by atoms with E-state index in [1.54, 1.807) is 0 Å². The maximum absolute atomic E-state index is 13.2. The molecule has 2 aromatic carbocycles. The third kappa shape index (κ3) is 3.73. The van der Waals surface area contributed by atoms with Crippen molar-refractivity contribution in [1.82, 2.24) is 5.01 Å². The first-order valence-electron chi connectivity index (χ1n) is 10.2. The van der Waals surface area contributed by atoms with E-state index in [1.165, 1.54) is 17.5 Å². The van der Waals surface area contributed by atoms with Gasteiger partial charge in [0, 0.05) is 23.2 Å². The number of hydrazone groups is 1. The van der Waals surface area contributed by atoms with Crippen LogP contribution in [0.4, 0.5) is 5.69 Å². The fourth-order valence-corrected chi connectivity index (χ4v) is 4.44. The van der Waals surface area contributed by atoms with Gasteiger partial charge in [-0.05, 0) is 70.7 Å². The number of hydrogen-bond acceptors (Lipinski definition) is 7. The van der Waals surface area contributed by atoms with Crippen molar-refractivity contribution < 1.29 is 19.1 Å². The molecule has 0 aromatic heterocycles. The summed E-state index contributed by atoms with van der Waals surface area (Å²) in [7, 11) is 0. The van der Waals surface area contributed by atoms with Gasteiger partial charge in [0.1, 0.15) is 17.1 Å². The Kier molecular flexibility index (Phi) is 5.13. The van der Waals surface area contributed by atoms with Crippen LogP contribution in [0.2, 0.25) is 0 Å². The van der Waals surface area contributed by atoms with E-state index in [0.717, 1.165) is 38.1 Å². The third-order valence-electron chi connectivity index (χ3n) is 5.66. The van der Waals surface area contributed by atoms with Crippen molar-refractivity contribution >= 4 is 37.9 Å². The molecule has 164 valence electrons. The number of halogens is 1. The molecule has 0 bridgehead atoms. The molecular weight excluding hydrogens is 476 g/mol. The molecule has 5 rings (SSSR count). The summed E-state index contributed by atoms with van der Waals surface area (Å²) in [6.07, 6.45) is 3.44. The molecule has 3 aliphatic rings. The van der Waals surface area contributed by atoms with Gasteiger partial charge in [-0.3, -0.25) is 4.79 Å². The van der Waals surface area contributed by atoms with E-state index >= 15 is 0 Å². The number of benzene rings is 2. The van der Waals surface area contributed by atoms with Gasteiger partial charge < -0.3 is 20.0 Å². The summed E-state index contributed by atoms with van der Waals surface area (Å²) in [5.41, 5.74) is 12.0. The van der Waals surface area contributed by atoms with Crippen molar-refractivity contribution in [3.63, 3.8) is 0 Å². The molecule has 32 heavy (non-hydrogen) atoms. The number of nitrogen functional groups attached to an aromatic ring is 1. The first-order valence-corrected chi connectivity index (χ1v) is 11.0. The second-order valence-corrected chi connectivity index (χ2v) is 8.90. The van der Waals surface area contributed by atoms with Crippen LogP contribution in [0.5, 0.6) is 11.5 Å². The molecule has 0 radical (unpaired) electrons. The number of anilines is 1. The zero-order valence-corrected chi connectivity index (χ0v) is 19.2. The van der Waals surface area contributed by atoms with Gasteiger partial charge in [-0.15, -0.1) is 0 Å². The number of nitrogens with zero attached hydrogens (tertiary/aromatic N) is 3. The second-order valence-electron chi connectivity index (χ2n) is 7.99. The summed E-state index contributed by atoms with van der Waals surface area (Å²) < 4.78 is 11.9. The molecule has 2 aromatic rings. The van der Waals surface area contributed by atoms with Crippen LogP contribution in [0.1, 0.15) is 34.2 Å². The van der Waals surface area contributed by atoms with Gasteiger partial charge in [-0.2, -0.15) is 5.10 Å². The minimum atomic E-state index is -0.265. The van der Waals surface area contributed by atoms with Crippen molar-refractivity contribution in [3.8, 4) is 11.5 Å². The molecule has 8 nitrogen and oxygen atoms in total. The Labute approximate surface area is 193 Å². The van der Waals surface area contributed by atoms with Gasteiger partial charge in [0.25, 0.3) is 0 Å². The number of rotatable bonds is 3. The number of aryl methyl sites for hydroxylation is 2. The first-order chi connectivity index (χ1) is 15.4. The number of nitrogens with two attached hydrogens (primary N) is 1. The fourth-order valence-electron chi connectivity index (χ4n) is 3.99. The highest BCUT2D eigenvalue weighted by molar-refractivity contribution is 9.18. The molecule has 9 heteroatoms. The lowest BCUT2D eigenvalue weighted by molar-refractivity contribution is -0.132. The van der Waals surface area contributed by atoms with Crippen LogP contribution in [0.25, 0.3) is 0 Å². The predicted molar refractivity (Wildman–Crippen MR) is 124 cm³/mol. The smallest absolute Gasteiger partial charge is 0.247 e. The molecule has 1 amide bonds. The molecular formula is C23H21BrN4O4. The van der Waals surface area contributed by atoms with E-state index in [2.05, 4.69) is 21.1 Å². The van der Waals surface area contributed by atoms with E-state index in [9.17, 15) is 4.79 Å². The van der Waals surface area contributed by atoms with Gasteiger partial charge >= 0.3 is 0 Å². The summed E-state index contributed by atoms with van der Waals surface area (Å²) in [6, 6.07) is 7.69. The van der Waals surface area contributed by atoms with Crippen LogP contribution in [0.15, 0.2) is 47.0 Å². The number of oxime groups is 1. The Bertz CT molecular complexity index is 1200. The van der Waals surface area contributed by atoms with Gasteiger partial charge in [0.2, 0.25) is 5.91 Å². The van der Waals surface area contributed by atoms with Gasteiger partial charge in [0.05, 0.1) is 18.7 Å². The van der Waals surface area contributed by atoms with Crippen molar-refractivity contribution in [3.05, 3.63) is 64.6 Å². The highest BCUT2D eigenvalue weighted by Crippen LogP contribution is 2.36. The summed E-state index contributed by atoms with van der Waals surface area (Å²) in [4.78, 5) is 18.6. The molecule has 3 aliphatic heterocycles. The molecule has 0 spiro atoms. The highest BCUT2D eigenvalue weighted by atomic mass is 79.9. The largest absolute Gasteiger partial charge is 0.458 e. The number of ether oxygens (including phenoxy) is 2. The van der Waals surface area contributed by atoms with Crippen LogP contribution in [-0.2, 0) is 16.1 Å². The third-order valence-corrected chi connectivity index (χ3v) is 6.13. The maximum atomic E-state index is 13.2. The SMILES string of the molecule is Cc1cc(C2=NN(CC3CC(Br)=NO3)C(=O)Cc3cc4c(cc32)OC=CO4)cc(C)c1N. The van der Waals surface area contributed by atoms with Crippen LogP contribution < -0.4 is 15.2 Å². The van der Waals surface area contributed by atoms with Crippen molar-refractivity contribution in [2.45, 2.75) is 32.8 Å². The van der Waals surface area contributed by atoms with Gasteiger partial charge in [-0.25, -0.2) is 5.01 Å². The maximum Gasteiger partial charge on any atom is 0.247 e. The van der Waals surface area contributed by atoms with Crippen LogP contribution >= 0.6 is 15.9 Å². The van der Waals surface area contributed by atoms with E-state index in [4.69, 9.17) is 25.1 Å². The summed E-state index contributed by atoms with van der Waals surface area (Å²) in [5.74, 6) is 0.997. The average molecular weight is 497 g/mol. The minimum Gasteiger partial charge on any atom is -0.458 e. The summed E-state index contributed by atoms with van der Waals surface area (Å²) in [6.45, 7) is 4.21. The van der Waals surface area contributed by atoms with Crippen LogP contribution in [0.3, 0.4) is 0 Å². The Morgan fingerprint density at radius 1 is 1.12 bits per heavy atom. The van der Waals surface area contributed by atoms with Crippen LogP contribution in [0, 0.1) is 13.8 Å². The summed E-state index contributed by atoms with van der Waals surface area (Å²) >= 11 is 3.35. The lowest BCUT2D eigenvalue weighted by Gasteiger charge is -2.20. The molecule has 3 heterocycles. The molecule has 0 aliphatic carbocycles. The van der Waals surface area contributed by atoms with E-state index in [0.29, 0.717) is 23.6 Å². The zero-order valence-electron chi connectivity index (χ0n) is 17.6. The predicted octanol–water partition coefficient (Wildman–Crippen LogP) is 3.76. The standard InChI is InChI=1S/C23H21BrN4O4/c1-12-5-15(6-13(2)22(12)25)23-17-10-19-18(30-3-4-31-19)7-14(17)8-21(29)28(26-23)11-16-9-20(24)27-32-16/h3-7,10,16H,8-9,11,25H2,1-2H3. The van der Waals surface area contributed by atoms with Crippen molar-refractivity contribution in [1.29, 1.82) is 0 Å². The van der Waals surface area contributed by atoms with Crippen LogP contribution in [-0.4, -0.2) is 33.9 Å². The number of fused-ring (bicyclic) bond motifs is 2. The highest BCUT2D eigenvalue weighted by Gasteiger charge is 2.30. The topological polar surface area (TPSA) is 98.7 Å². The Hall–Kier alpha value is -3.33. The average Bonchev–Trinajstić information content (AvgIpc) is 3.13. The van der Waals surface area contributed by atoms with Crippen molar-refractivity contribution in [2.24, 2.45) is 10.3 Å². The number of amides is 1. The molecule has 0 saturated heterocycles. The monoisotopic (exact) mass is 496 g/mol. The molecule has 1 atom stereocenters. The van der Waals surface area contributed by atoms with E-state index < -0.39 is 0 Å². The molecule has 0 saturated carbocycles. The van der Waals surface area contributed by atoms with Crippen molar-refractivity contribution in [2.75, 3.05) is 12.3 Å². The van der Waals surface area contributed by atoms with E-state index in [1.807, 2.05) is 38.1 Å². The first kappa shape index (κ1) is 20.6. The van der Waals surface area contributed by atoms with Gasteiger partial charge in [0.15, 0.2) is 17.6 Å². The second kappa shape index (κ2) is 7.98. The van der Waals surface area contributed by atoms with E-state index in [-0.39, 0.29) is 25.0 Å². The lowest BCUT2D eigenvalue weighted by atomic mass is 9.93. The zero-order chi connectivity index (χ0) is 22.4. The Morgan fingerprint density at radius 3 is 2.47 bits per heavy atom.